The van der Waals surface area contributed by atoms with Gasteiger partial charge in [0.1, 0.15) is 0 Å². The van der Waals surface area contributed by atoms with Crippen molar-refractivity contribution in [3.63, 3.8) is 0 Å². The molecule has 1 saturated carbocycles. The number of likely N-dealkylation sites (tertiary alicyclic amines) is 1. The standard InChI is InChI=1S/C20H29N3O2/c1-15(24)21-14-17-9-5-10-18(22-17)19-11-6-12-23(19)20(25)13-16-7-3-2-4-8-16/h5,9-10,16,19H,2-4,6-8,11-14H2,1H3,(H,21,24)/t19-/m1/s1. The van der Waals surface area contributed by atoms with E-state index in [4.69, 9.17) is 4.98 Å². The van der Waals surface area contributed by atoms with Crippen molar-refractivity contribution in [3.8, 4) is 0 Å². The lowest BCUT2D eigenvalue weighted by Crippen LogP contribution is -2.32. The molecule has 1 aliphatic heterocycles. The summed E-state index contributed by atoms with van der Waals surface area (Å²) in [5.74, 6) is 0.808. The first-order chi connectivity index (χ1) is 12.1. The fraction of sp³-hybridized carbons (Fsp3) is 0.650. The summed E-state index contributed by atoms with van der Waals surface area (Å²) in [7, 11) is 0. The number of amides is 2. The highest BCUT2D eigenvalue weighted by molar-refractivity contribution is 5.77. The molecule has 1 aromatic heterocycles. The van der Waals surface area contributed by atoms with Crippen molar-refractivity contribution in [2.24, 2.45) is 5.92 Å². The van der Waals surface area contributed by atoms with Gasteiger partial charge in [-0.25, -0.2) is 0 Å². The van der Waals surface area contributed by atoms with Crippen LogP contribution in [-0.4, -0.2) is 28.2 Å². The summed E-state index contributed by atoms with van der Waals surface area (Å²) >= 11 is 0. The average Bonchev–Trinajstić information content (AvgIpc) is 3.11. The second-order valence-electron chi connectivity index (χ2n) is 7.42. The van der Waals surface area contributed by atoms with Crippen LogP contribution in [0.5, 0.6) is 0 Å². The topological polar surface area (TPSA) is 62.3 Å². The monoisotopic (exact) mass is 343 g/mol. The van der Waals surface area contributed by atoms with Crippen LogP contribution in [0, 0.1) is 5.92 Å². The van der Waals surface area contributed by atoms with Gasteiger partial charge in [0.2, 0.25) is 11.8 Å². The van der Waals surface area contributed by atoms with Crippen molar-refractivity contribution in [2.75, 3.05) is 6.54 Å². The van der Waals surface area contributed by atoms with Crippen LogP contribution in [0.15, 0.2) is 18.2 Å². The molecule has 0 aromatic carbocycles. The Kier molecular flexibility index (Phi) is 6.05. The first-order valence-corrected chi connectivity index (χ1v) is 9.63. The maximum absolute atomic E-state index is 12.8. The predicted octanol–water partition coefficient (Wildman–Crippen LogP) is 3.35. The van der Waals surface area contributed by atoms with Crippen LogP contribution >= 0.6 is 0 Å². The lowest BCUT2D eigenvalue weighted by molar-refractivity contribution is -0.133. The first kappa shape index (κ1) is 17.9. The predicted molar refractivity (Wildman–Crippen MR) is 96.6 cm³/mol. The van der Waals surface area contributed by atoms with Crippen LogP contribution in [0.25, 0.3) is 0 Å². The number of pyridine rings is 1. The van der Waals surface area contributed by atoms with E-state index in [-0.39, 0.29) is 11.9 Å². The minimum atomic E-state index is -0.0580. The van der Waals surface area contributed by atoms with E-state index < -0.39 is 0 Å². The van der Waals surface area contributed by atoms with Gasteiger partial charge in [-0.2, -0.15) is 0 Å². The number of carbonyl (C=O) groups excluding carboxylic acids is 2. The molecule has 2 heterocycles. The minimum absolute atomic E-state index is 0.0580. The lowest BCUT2D eigenvalue weighted by atomic mass is 9.86. The highest BCUT2D eigenvalue weighted by Crippen LogP contribution is 2.34. The number of nitrogens with one attached hydrogen (secondary N) is 1. The van der Waals surface area contributed by atoms with Crippen molar-refractivity contribution in [1.82, 2.24) is 15.2 Å². The summed E-state index contributed by atoms with van der Waals surface area (Å²) in [5, 5.41) is 2.79. The molecule has 0 spiro atoms. The van der Waals surface area contributed by atoms with Gasteiger partial charge in [0.25, 0.3) is 0 Å². The minimum Gasteiger partial charge on any atom is -0.351 e. The highest BCUT2D eigenvalue weighted by Gasteiger charge is 2.32. The Morgan fingerprint density at radius 3 is 2.72 bits per heavy atom. The van der Waals surface area contributed by atoms with Gasteiger partial charge >= 0.3 is 0 Å². The fourth-order valence-electron chi connectivity index (χ4n) is 4.13. The van der Waals surface area contributed by atoms with Gasteiger partial charge in [0.05, 0.1) is 24.0 Å². The van der Waals surface area contributed by atoms with E-state index in [2.05, 4.69) is 5.32 Å². The summed E-state index contributed by atoms with van der Waals surface area (Å²) in [5.41, 5.74) is 1.80. The van der Waals surface area contributed by atoms with Crippen LogP contribution in [0.1, 0.15) is 75.7 Å². The van der Waals surface area contributed by atoms with Gasteiger partial charge < -0.3 is 10.2 Å². The molecular weight excluding hydrogens is 314 g/mol. The molecule has 0 unspecified atom stereocenters. The van der Waals surface area contributed by atoms with Gasteiger partial charge in [-0.05, 0) is 43.7 Å². The van der Waals surface area contributed by atoms with Crippen LogP contribution in [0.3, 0.4) is 0 Å². The summed E-state index contributed by atoms with van der Waals surface area (Å²) in [6, 6.07) is 5.99. The zero-order valence-corrected chi connectivity index (χ0v) is 15.2. The van der Waals surface area contributed by atoms with E-state index in [9.17, 15) is 9.59 Å². The Balaban J connectivity index is 1.65. The molecule has 2 amide bonds. The maximum Gasteiger partial charge on any atom is 0.223 e. The smallest absolute Gasteiger partial charge is 0.223 e. The molecule has 1 saturated heterocycles. The molecular formula is C20H29N3O2. The molecule has 2 aliphatic rings. The highest BCUT2D eigenvalue weighted by atomic mass is 16.2. The van der Waals surface area contributed by atoms with E-state index >= 15 is 0 Å². The molecule has 25 heavy (non-hydrogen) atoms. The van der Waals surface area contributed by atoms with E-state index in [1.54, 1.807) is 0 Å². The van der Waals surface area contributed by atoms with E-state index in [0.29, 0.717) is 24.8 Å². The van der Waals surface area contributed by atoms with Crippen LogP contribution < -0.4 is 5.32 Å². The van der Waals surface area contributed by atoms with E-state index in [0.717, 1.165) is 30.8 Å². The maximum atomic E-state index is 12.8. The summed E-state index contributed by atoms with van der Waals surface area (Å²) in [6.45, 7) is 2.78. The number of nitrogens with zero attached hydrogens (tertiary/aromatic N) is 2. The Bertz CT molecular complexity index is 611. The average molecular weight is 343 g/mol. The number of hydrogen-bond acceptors (Lipinski definition) is 3. The number of rotatable bonds is 5. The molecule has 5 heteroatoms. The molecule has 2 fully saturated rings. The Hall–Kier alpha value is -1.91. The third-order valence-electron chi connectivity index (χ3n) is 5.45. The second kappa shape index (κ2) is 8.45. The quantitative estimate of drug-likeness (QED) is 0.892. The van der Waals surface area contributed by atoms with Crippen LogP contribution in [0.2, 0.25) is 0 Å². The van der Waals surface area contributed by atoms with Crippen molar-refractivity contribution in [1.29, 1.82) is 0 Å². The van der Waals surface area contributed by atoms with Crippen molar-refractivity contribution in [2.45, 2.75) is 70.9 Å². The van der Waals surface area contributed by atoms with E-state index in [1.807, 2.05) is 23.1 Å². The second-order valence-corrected chi connectivity index (χ2v) is 7.42. The third-order valence-corrected chi connectivity index (χ3v) is 5.45. The largest absolute Gasteiger partial charge is 0.351 e. The summed E-state index contributed by atoms with van der Waals surface area (Å²) in [4.78, 5) is 30.7. The molecule has 0 bridgehead atoms. The van der Waals surface area contributed by atoms with E-state index in [1.165, 1.54) is 39.0 Å². The Labute approximate surface area is 150 Å². The van der Waals surface area contributed by atoms with Crippen LogP contribution in [0.4, 0.5) is 0 Å². The number of aromatic nitrogens is 1. The molecule has 136 valence electrons. The zero-order chi connectivity index (χ0) is 17.6. The zero-order valence-electron chi connectivity index (χ0n) is 15.2. The fourth-order valence-corrected chi connectivity index (χ4v) is 4.13. The van der Waals surface area contributed by atoms with Crippen molar-refractivity contribution in [3.05, 3.63) is 29.6 Å². The molecule has 5 nitrogen and oxygen atoms in total. The van der Waals surface area contributed by atoms with Gasteiger partial charge in [-0.15, -0.1) is 0 Å². The van der Waals surface area contributed by atoms with Gasteiger partial charge in [0.15, 0.2) is 0 Å². The van der Waals surface area contributed by atoms with Crippen molar-refractivity contribution < 1.29 is 9.59 Å². The molecule has 1 atom stereocenters. The summed E-state index contributed by atoms with van der Waals surface area (Å²) < 4.78 is 0. The Morgan fingerprint density at radius 2 is 1.96 bits per heavy atom. The number of carbonyl (C=O) groups is 2. The molecule has 1 aromatic rings. The molecule has 3 rings (SSSR count). The SMILES string of the molecule is CC(=O)NCc1cccc([C@H]2CCCN2C(=O)CC2CCCCC2)n1. The normalized spacial score (nSPS) is 21.3. The molecule has 0 radical (unpaired) electrons. The van der Waals surface area contributed by atoms with Gasteiger partial charge in [-0.3, -0.25) is 14.6 Å². The Morgan fingerprint density at radius 1 is 1.16 bits per heavy atom. The molecule has 1 aliphatic carbocycles. The summed E-state index contributed by atoms with van der Waals surface area (Å²) in [6.07, 6.45) is 8.99. The first-order valence-electron chi connectivity index (χ1n) is 9.63. The van der Waals surface area contributed by atoms with Crippen LogP contribution in [-0.2, 0) is 16.1 Å². The third kappa shape index (κ3) is 4.80. The van der Waals surface area contributed by atoms with Gasteiger partial charge in [-0.1, -0.05) is 25.3 Å². The van der Waals surface area contributed by atoms with Crippen molar-refractivity contribution >= 4 is 11.8 Å². The molecule has 1 N–H and O–H groups in total. The lowest BCUT2D eigenvalue weighted by Gasteiger charge is -2.28. The van der Waals surface area contributed by atoms with Gasteiger partial charge in [0, 0.05) is 19.9 Å². The number of hydrogen-bond donors (Lipinski definition) is 1.